The predicted molar refractivity (Wildman–Crippen MR) is 76.6 cm³/mol. The third-order valence-corrected chi connectivity index (χ3v) is 3.13. The molecule has 19 heavy (non-hydrogen) atoms. The van der Waals surface area contributed by atoms with Gasteiger partial charge in [0.1, 0.15) is 5.82 Å². The topological polar surface area (TPSA) is 73.5 Å². The zero-order chi connectivity index (χ0) is 14.3. The Kier molecular flexibility index (Phi) is 6.35. The van der Waals surface area contributed by atoms with E-state index in [1.807, 2.05) is 6.07 Å². The second-order valence-electron chi connectivity index (χ2n) is 4.28. The molecule has 0 aromatic carbocycles. The number of methoxy groups -OCH3 is 2. The highest BCUT2D eigenvalue weighted by atomic mass is 16.5. The van der Waals surface area contributed by atoms with Gasteiger partial charge in [0.15, 0.2) is 0 Å². The molecule has 0 amide bonds. The van der Waals surface area contributed by atoms with Crippen molar-refractivity contribution >= 4 is 11.8 Å². The molecule has 0 bridgehead atoms. The van der Waals surface area contributed by atoms with Crippen LogP contribution in [0, 0.1) is 0 Å². The summed E-state index contributed by atoms with van der Waals surface area (Å²) in [5.41, 5.74) is 5.72. The number of rotatable bonds is 8. The minimum atomic E-state index is 0.225. The Balaban J connectivity index is 3.04. The molecule has 0 spiro atoms. The van der Waals surface area contributed by atoms with Crippen LogP contribution in [-0.4, -0.2) is 43.4 Å². The van der Waals surface area contributed by atoms with Gasteiger partial charge in [-0.05, 0) is 12.8 Å². The number of hydrogen-bond acceptors (Lipinski definition) is 6. The summed E-state index contributed by atoms with van der Waals surface area (Å²) in [7, 11) is 3.27. The van der Waals surface area contributed by atoms with Crippen molar-refractivity contribution in [3.8, 4) is 5.88 Å². The van der Waals surface area contributed by atoms with Crippen LogP contribution in [0.25, 0.3) is 0 Å². The van der Waals surface area contributed by atoms with Crippen molar-refractivity contribution in [3.05, 3.63) is 6.07 Å². The number of aromatic nitrogens is 2. The fourth-order valence-corrected chi connectivity index (χ4v) is 2.09. The molecular formula is C13H24N4O2. The molecular weight excluding hydrogens is 244 g/mol. The van der Waals surface area contributed by atoms with Crippen LogP contribution < -0.4 is 15.4 Å². The monoisotopic (exact) mass is 268 g/mol. The first-order valence-corrected chi connectivity index (χ1v) is 6.60. The van der Waals surface area contributed by atoms with Crippen molar-refractivity contribution < 1.29 is 9.47 Å². The van der Waals surface area contributed by atoms with Crippen LogP contribution >= 0.6 is 0 Å². The molecule has 6 nitrogen and oxygen atoms in total. The zero-order valence-electron chi connectivity index (χ0n) is 12.2. The Bertz CT molecular complexity index is 383. The van der Waals surface area contributed by atoms with E-state index in [1.54, 1.807) is 14.2 Å². The van der Waals surface area contributed by atoms with Crippen LogP contribution in [0.3, 0.4) is 0 Å². The van der Waals surface area contributed by atoms with Crippen LogP contribution in [0.5, 0.6) is 5.88 Å². The smallest absolute Gasteiger partial charge is 0.225 e. The van der Waals surface area contributed by atoms with E-state index >= 15 is 0 Å². The summed E-state index contributed by atoms with van der Waals surface area (Å²) in [5.74, 6) is 1.49. The summed E-state index contributed by atoms with van der Waals surface area (Å²) in [6, 6.07) is 2.21. The molecule has 6 heteroatoms. The van der Waals surface area contributed by atoms with Gasteiger partial charge in [0.05, 0.1) is 13.7 Å². The first-order chi connectivity index (χ1) is 9.15. The molecule has 0 atom stereocenters. The standard InChI is InChI=1S/C13H24N4O2/c1-5-10(6-2)17(7-8-18-3)11-9-12(19-4)16-13(14)15-11/h9-10H,5-8H2,1-4H3,(H2,14,15,16). The second kappa shape index (κ2) is 7.78. The minimum absolute atomic E-state index is 0.225. The highest BCUT2D eigenvalue weighted by molar-refractivity contribution is 5.46. The fourth-order valence-electron chi connectivity index (χ4n) is 2.09. The van der Waals surface area contributed by atoms with Gasteiger partial charge >= 0.3 is 0 Å². The summed E-state index contributed by atoms with van der Waals surface area (Å²) in [4.78, 5) is 10.5. The lowest BCUT2D eigenvalue weighted by Gasteiger charge is -2.31. The van der Waals surface area contributed by atoms with Gasteiger partial charge < -0.3 is 20.1 Å². The Morgan fingerprint density at radius 3 is 2.47 bits per heavy atom. The highest BCUT2D eigenvalue weighted by Crippen LogP contribution is 2.22. The largest absolute Gasteiger partial charge is 0.481 e. The van der Waals surface area contributed by atoms with Crippen LogP contribution in [0.4, 0.5) is 11.8 Å². The number of ether oxygens (including phenoxy) is 2. The summed E-state index contributed by atoms with van der Waals surface area (Å²) < 4.78 is 10.3. The van der Waals surface area contributed by atoms with E-state index in [1.165, 1.54) is 0 Å². The van der Waals surface area contributed by atoms with Gasteiger partial charge in [-0.25, -0.2) is 0 Å². The van der Waals surface area contributed by atoms with Gasteiger partial charge in [-0.1, -0.05) is 13.8 Å². The third kappa shape index (κ3) is 4.24. The maximum atomic E-state index is 5.72. The fraction of sp³-hybridized carbons (Fsp3) is 0.692. The number of anilines is 2. The lowest BCUT2D eigenvalue weighted by atomic mass is 10.1. The van der Waals surface area contributed by atoms with Crippen LogP contribution in [0.2, 0.25) is 0 Å². The van der Waals surface area contributed by atoms with Crippen molar-refractivity contribution in [1.29, 1.82) is 0 Å². The Morgan fingerprint density at radius 2 is 1.95 bits per heavy atom. The van der Waals surface area contributed by atoms with Gasteiger partial charge in [-0.15, -0.1) is 0 Å². The molecule has 0 aliphatic carbocycles. The van der Waals surface area contributed by atoms with Gasteiger partial charge in [-0.2, -0.15) is 9.97 Å². The van der Waals surface area contributed by atoms with Crippen LogP contribution in [0.15, 0.2) is 6.07 Å². The maximum Gasteiger partial charge on any atom is 0.225 e. The van der Waals surface area contributed by atoms with E-state index in [0.717, 1.165) is 25.2 Å². The second-order valence-corrected chi connectivity index (χ2v) is 4.28. The van der Waals surface area contributed by atoms with Crippen LogP contribution in [0.1, 0.15) is 26.7 Å². The first kappa shape index (κ1) is 15.5. The number of nitrogens with zero attached hydrogens (tertiary/aromatic N) is 3. The normalized spacial score (nSPS) is 10.8. The number of nitrogens with two attached hydrogens (primary N) is 1. The minimum Gasteiger partial charge on any atom is -0.481 e. The van der Waals surface area contributed by atoms with E-state index in [0.29, 0.717) is 18.5 Å². The molecule has 0 saturated heterocycles. The Morgan fingerprint density at radius 1 is 1.26 bits per heavy atom. The van der Waals surface area contributed by atoms with Crippen molar-refractivity contribution in [2.75, 3.05) is 38.0 Å². The van der Waals surface area contributed by atoms with E-state index in [2.05, 4.69) is 28.7 Å². The maximum absolute atomic E-state index is 5.72. The van der Waals surface area contributed by atoms with Gasteiger partial charge in [0, 0.05) is 25.8 Å². The molecule has 2 N–H and O–H groups in total. The average molecular weight is 268 g/mol. The van der Waals surface area contributed by atoms with Crippen molar-refractivity contribution in [1.82, 2.24) is 9.97 Å². The number of hydrogen-bond donors (Lipinski definition) is 1. The molecule has 0 unspecified atom stereocenters. The molecule has 0 fully saturated rings. The molecule has 1 aromatic rings. The summed E-state index contributed by atoms with van der Waals surface area (Å²) in [6.07, 6.45) is 2.07. The van der Waals surface area contributed by atoms with Gasteiger partial charge in [0.25, 0.3) is 0 Å². The van der Waals surface area contributed by atoms with Crippen LogP contribution in [-0.2, 0) is 4.74 Å². The molecule has 1 aromatic heterocycles. The summed E-state index contributed by atoms with van der Waals surface area (Å²) in [5, 5.41) is 0. The van der Waals surface area contributed by atoms with Gasteiger partial charge in [-0.3, -0.25) is 0 Å². The molecule has 0 radical (unpaired) electrons. The van der Waals surface area contributed by atoms with E-state index in [-0.39, 0.29) is 5.95 Å². The average Bonchev–Trinajstić information content (AvgIpc) is 2.42. The summed E-state index contributed by atoms with van der Waals surface area (Å²) in [6.45, 7) is 5.73. The van der Waals surface area contributed by atoms with Crippen molar-refractivity contribution in [2.45, 2.75) is 32.7 Å². The lowest BCUT2D eigenvalue weighted by Crippen LogP contribution is -2.37. The lowest BCUT2D eigenvalue weighted by molar-refractivity contribution is 0.202. The van der Waals surface area contributed by atoms with Crippen molar-refractivity contribution in [3.63, 3.8) is 0 Å². The molecule has 1 heterocycles. The van der Waals surface area contributed by atoms with Gasteiger partial charge in [0.2, 0.25) is 11.8 Å². The SMILES string of the molecule is CCC(CC)N(CCOC)c1cc(OC)nc(N)n1. The molecule has 0 aliphatic heterocycles. The predicted octanol–water partition coefficient (Wildman–Crippen LogP) is 1.71. The molecule has 0 aliphatic rings. The third-order valence-electron chi connectivity index (χ3n) is 3.13. The first-order valence-electron chi connectivity index (χ1n) is 6.60. The Hall–Kier alpha value is -1.56. The van der Waals surface area contributed by atoms with E-state index in [9.17, 15) is 0 Å². The summed E-state index contributed by atoms with van der Waals surface area (Å²) >= 11 is 0. The zero-order valence-corrected chi connectivity index (χ0v) is 12.2. The highest BCUT2D eigenvalue weighted by Gasteiger charge is 2.18. The van der Waals surface area contributed by atoms with E-state index in [4.69, 9.17) is 15.2 Å². The quantitative estimate of drug-likeness (QED) is 0.773. The van der Waals surface area contributed by atoms with Crippen molar-refractivity contribution in [2.24, 2.45) is 0 Å². The van der Waals surface area contributed by atoms with E-state index < -0.39 is 0 Å². The molecule has 108 valence electrons. The molecule has 0 saturated carbocycles. The Labute approximate surface area is 114 Å². The molecule has 1 rings (SSSR count). The number of nitrogen functional groups attached to an aromatic ring is 1.